The molecule has 116 valence electrons. The molecule has 1 aromatic rings. The molecule has 3 N–H and O–H groups in total. The number of aromatic nitrogens is 1. The highest BCUT2D eigenvalue weighted by Crippen LogP contribution is 2.16. The largest absolute Gasteiger partial charge is 0.370 e. The van der Waals surface area contributed by atoms with Crippen LogP contribution in [-0.2, 0) is 6.54 Å². The minimum absolute atomic E-state index is 0.0244. The summed E-state index contributed by atoms with van der Waals surface area (Å²) in [5.41, 5.74) is 5.91. The normalized spacial score (nSPS) is 17.5. The van der Waals surface area contributed by atoms with Gasteiger partial charge in [-0.05, 0) is 34.8 Å². The van der Waals surface area contributed by atoms with E-state index in [9.17, 15) is 4.79 Å². The molecule has 0 atom stereocenters. The van der Waals surface area contributed by atoms with Crippen molar-refractivity contribution >= 4 is 21.9 Å². The van der Waals surface area contributed by atoms with Gasteiger partial charge in [-0.2, -0.15) is 0 Å². The monoisotopic (exact) mass is 354 g/mol. The third-order valence-electron chi connectivity index (χ3n) is 3.78. The molecule has 1 heterocycles. The highest BCUT2D eigenvalue weighted by Gasteiger charge is 2.12. The summed E-state index contributed by atoms with van der Waals surface area (Å²) in [6.07, 6.45) is 9.27. The maximum atomic E-state index is 11.6. The Bertz CT molecular complexity index is 533. The Morgan fingerprint density at radius 3 is 2.76 bits per heavy atom. The van der Waals surface area contributed by atoms with Crippen molar-refractivity contribution in [1.29, 1.82) is 0 Å². The Labute approximate surface area is 133 Å². The lowest BCUT2D eigenvalue weighted by molar-refractivity contribution is 0.529. The van der Waals surface area contributed by atoms with Crippen molar-refractivity contribution in [2.45, 2.75) is 51.1 Å². The fourth-order valence-corrected chi connectivity index (χ4v) is 3.01. The van der Waals surface area contributed by atoms with E-state index in [2.05, 4.69) is 26.2 Å². The third kappa shape index (κ3) is 5.53. The first-order valence-electron chi connectivity index (χ1n) is 7.57. The van der Waals surface area contributed by atoms with Crippen molar-refractivity contribution in [3.05, 3.63) is 33.2 Å². The van der Waals surface area contributed by atoms with Crippen LogP contribution in [0.4, 0.5) is 0 Å². The van der Waals surface area contributed by atoms with E-state index in [1.54, 1.807) is 22.9 Å². The number of rotatable bonds is 4. The van der Waals surface area contributed by atoms with Gasteiger partial charge in [-0.1, -0.05) is 25.7 Å². The zero-order valence-corrected chi connectivity index (χ0v) is 13.8. The molecule has 5 nitrogen and oxygen atoms in total. The van der Waals surface area contributed by atoms with Crippen LogP contribution in [-0.4, -0.2) is 23.1 Å². The van der Waals surface area contributed by atoms with Gasteiger partial charge >= 0.3 is 0 Å². The molecule has 0 spiro atoms. The molecule has 0 saturated heterocycles. The maximum Gasteiger partial charge on any atom is 0.250 e. The zero-order valence-electron chi connectivity index (χ0n) is 12.2. The van der Waals surface area contributed by atoms with Crippen LogP contribution < -0.4 is 16.6 Å². The molecule has 0 bridgehead atoms. The topological polar surface area (TPSA) is 72.4 Å². The third-order valence-corrected chi connectivity index (χ3v) is 4.25. The Morgan fingerprint density at radius 2 is 2.05 bits per heavy atom. The second kappa shape index (κ2) is 8.22. The summed E-state index contributed by atoms with van der Waals surface area (Å²) in [5, 5.41) is 3.30. The summed E-state index contributed by atoms with van der Waals surface area (Å²) in [7, 11) is 0. The first-order chi connectivity index (χ1) is 10.1. The van der Waals surface area contributed by atoms with Crippen LogP contribution >= 0.6 is 15.9 Å². The first kappa shape index (κ1) is 16.1. The lowest BCUT2D eigenvalue weighted by Crippen LogP contribution is -2.40. The molecule has 2 rings (SSSR count). The summed E-state index contributed by atoms with van der Waals surface area (Å²) in [6.45, 7) is 1.03. The van der Waals surface area contributed by atoms with Gasteiger partial charge in [-0.25, -0.2) is 0 Å². The molecule has 1 aliphatic carbocycles. The molecular formula is C15H23BrN4O. The second-order valence-electron chi connectivity index (χ2n) is 5.48. The Balaban J connectivity index is 1.82. The Hall–Kier alpha value is -1.30. The lowest BCUT2D eigenvalue weighted by atomic mass is 10.1. The van der Waals surface area contributed by atoms with Crippen molar-refractivity contribution in [2.24, 2.45) is 10.7 Å². The van der Waals surface area contributed by atoms with E-state index in [0.29, 0.717) is 25.1 Å². The molecule has 1 fully saturated rings. The van der Waals surface area contributed by atoms with Crippen LogP contribution in [0.2, 0.25) is 0 Å². The Morgan fingerprint density at radius 1 is 1.33 bits per heavy atom. The molecule has 0 aromatic carbocycles. The number of guanidine groups is 1. The average molecular weight is 355 g/mol. The zero-order chi connectivity index (χ0) is 15.1. The molecule has 1 aliphatic rings. The number of halogens is 1. The van der Waals surface area contributed by atoms with E-state index in [1.807, 2.05) is 0 Å². The molecule has 1 aromatic heterocycles. The lowest BCUT2D eigenvalue weighted by Gasteiger charge is -2.16. The van der Waals surface area contributed by atoms with Crippen molar-refractivity contribution in [2.75, 3.05) is 6.54 Å². The van der Waals surface area contributed by atoms with E-state index in [4.69, 9.17) is 5.73 Å². The number of nitrogens with two attached hydrogens (primary N) is 1. The summed E-state index contributed by atoms with van der Waals surface area (Å²) in [4.78, 5) is 16.0. The molecule has 0 amide bonds. The van der Waals surface area contributed by atoms with Crippen LogP contribution in [0.1, 0.15) is 38.5 Å². The van der Waals surface area contributed by atoms with Crippen molar-refractivity contribution in [1.82, 2.24) is 9.88 Å². The van der Waals surface area contributed by atoms with Gasteiger partial charge in [0.1, 0.15) is 0 Å². The summed E-state index contributed by atoms with van der Waals surface area (Å²) >= 11 is 3.36. The summed E-state index contributed by atoms with van der Waals surface area (Å²) in [6, 6.07) is 3.73. The number of hydrogen-bond acceptors (Lipinski definition) is 2. The molecule has 0 aliphatic heterocycles. The molecular weight excluding hydrogens is 332 g/mol. The van der Waals surface area contributed by atoms with Crippen LogP contribution in [0.15, 0.2) is 32.6 Å². The maximum absolute atomic E-state index is 11.6. The number of aliphatic imine (C=N–C) groups is 1. The molecule has 21 heavy (non-hydrogen) atoms. The van der Waals surface area contributed by atoms with Crippen LogP contribution in [0.3, 0.4) is 0 Å². The predicted octanol–water partition coefficient (Wildman–Crippen LogP) is 2.24. The molecule has 6 heteroatoms. The quantitative estimate of drug-likeness (QED) is 0.494. The molecule has 1 saturated carbocycles. The van der Waals surface area contributed by atoms with E-state index in [1.165, 1.54) is 38.5 Å². The van der Waals surface area contributed by atoms with E-state index >= 15 is 0 Å². The van der Waals surface area contributed by atoms with Gasteiger partial charge in [0.15, 0.2) is 5.96 Å². The van der Waals surface area contributed by atoms with Gasteiger partial charge < -0.3 is 15.6 Å². The predicted molar refractivity (Wildman–Crippen MR) is 89.5 cm³/mol. The van der Waals surface area contributed by atoms with E-state index < -0.39 is 0 Å². The number of nitrogens with zero attached hydrogens (tertiary/aromatic N) is 2. The first-order valence-corrected chi connectivity index (χ1v) is 8.37. The fraction of sp³-hybridized carbons (Fsp3) is 0.600. The Kier molecular flexibility index (Phi) is 6.29. The van der Waals surface area contributed by atoms with Crippen molar-refractivity contribution < 1.29 is 0 Å². The molecule has 0 radical (unpaired) electrons. The van der Waals surface area contributed by atoms with Crippen LogP contribution in [0.5, 0.6) is 0 Å². The smallest absolute Gasteiger partial charge is 0.250 e. The number of nitrogens with one attached hydrogen (secondary N) is 1. The minimum atomic E-state index is -0.0244. The van der Waals surface area contributed by atoms with E-state index in [-0.39, 0.29) is 5.56 Å². The van der Waals surface area contributed by atoms with Gasteiger partial charge in [0.05, 0.1) is 6.54 Å². The fourth-order valence-electron chi connectivity index (χ4n) is 2.63. The second-order valence-corrected chi connectivity index (χ2v) is 6.39. The summed E-state index contributed by atoms with van der Waals surface area (Å²) < 4.78 is 2.52. The highest BCUT2D eigenvalue weighted by molar-refractivity contribution is 9.10. The van der Waals surface area contributed by atoms with Crippen molar-refractivity contribution in [3.63, 3.8) is 0 Å². The van der Waals surface area contributed by atoms with Gasteiger partial charge in [-0.3, -0.25) is 9.79 Å². The summed E-state index contributed by atoms with van der Waals surface area (Å²) in [5.74, 6) is 0.491. The minimum Gasteiger partial charge on any atom is -0.370 e. The van der Waals surface area contributed by atoms with E-state index in [0.717, 1.165) is 4.47 Å². The average Bonchev–Trinajstić information content (AvgIpc) is 2.71. The standard InChI is InChI=1S/C15H23BrN4O/c16-12-7-8-14(21)20(11-12)10-9-18-15(17)19-13-5-3-1-2-4-6-13/h7-8,11,13H,1-6,9-10H2,(H3,17,18,19). The van der Waals surface area contributed by atoms with Crippen LogP contribution in [0, 0.1) is 0 Å². The van der Waals surface area contributed by atoms with Crippen LogP contribution in [0.25, 0.3) is 0 Å². The van der Waals surface area contributed by atoms with Gasteiger partial charge in [0, 0.05) is 29.3 Å². The highest BCUT2D eigenvalue weighted by atomic mass is 79.9. The van der Waals surface area contributed by atoms with Gasteiger partial charge in [0.25, 0.3) is 5.56 Å². The number of hydrogen-bond donors (Lipinski definition) is 2. The van der Waals surface area contributed by atoms with Gasteiger partial charge in [0.2, 0.25) is 0 Å². The SMILES string of the molecule is NC(=NCCn1cc(Br)ccc1=O)NC1CCCCCC1. The van der Waals surface area contributed by atoms with Gasteiger partial charge in [-0.15, -0.1) is 0 Å². The van der Waals surface area contributed by atoms with Crippen molar-refractivity contribution in [3.8, 4) is 0 Å². The number of pyridine rings is 1. The molecule has 0 unspecified atom stereocenters.